The number of urea groups is 1. The minimum Gasteiger partial charge on any atom is -0.508 e. The Bertz CT molecular complexity index is 2800. The van der Waals surface area contributed by atoms with Crippen LogP contribution in [-0.2, 0) is 49.7 Å². The Hall–Kier alpha value is -8.97. The number of aliphatic imine (C=N–C) groups is 1. The molecule has 1 aliphatic heterocycles. The molecule has 1 fully saturated rings. The van der Waals surface area contributed by atoms with Crippen molar-refractivity contribution in [2.75, 3.05) is 124 Å². The van der Waals surface area contributed by atoms with Crippen molar-refractivity contribution in [1.29, 1.82) is 0 Å². The molecule has 0 saturated carbocycles. The van der Waals surface area contributed by atoms with Crippen LogP contribution in [0.1, 0.15) is 80.9 Å². The van der Waals surface area contributed by atoms with Crippen LogP contribution >= 0.6 is 0 Å². The quantitative estimate of drug-likeness (QED) is 0.0182. The molecule has 0 spiro atoms. The van der Waals surface area contributed by atoms with Crippen molar-refractivity contribution in [3.05, 3.63) is 95.6 Å². The Morgan fingerprint density at radius 1 is 0.560 bits per heavy atom. The second kappa shape index (κ2) is 42.1. The van der Waals surface area contributed by atoms with Gasteiger partial charge in [-0.15, -0.1) is 0 Å². The number of carbonyl (C=O) groups excluding carboxylic acids is 7. The number of ether oxygens (including phenoxy) is 1. The predicted molar refractivity (Wildman–Crippen MR) is 336 cm³/mol. The maximum Gasteiger partial charge on any atom is 0.321 e. The number of nitrogens with one attached hydrogen (secondary N) is 8. The number of hydrogen-bond donors (Lipinski definition) is 14. The number of benzene rings is 3. The Balaban J connectivity index is 1.30. The molecule has 0 aromatic heterocycles. The molecule has 4 rings (SSSR count). The maximum absolute atomic E-state index is 14.5. The van der Waals surface area contributed by atoms with Gasteiger partial charge in [0.1, 0.15) is 23.6 Å². The zero-order chi connectivity index (χ0) is 66.3. The summed E-state index contributed by atoms with van der Waals surface area (Å²) < 4.78 is 6.14. The molecule has 30 nitrogen and oxygen atoms in total. The number of guanidine groups is 1. The van der Waals surface area contributed by atoms with Crippen LogP contribution in [0.3, 0.4) is 0 Å². The van der Waals surface area contributed by atoms with Gasteiger partial charge in [0.15, 0.2) is 5.96 Å². The number of hydrogen-bond acceptors (Lipinski definition) is 18. The lowest BCUT2D eigenvalue weighted by Crippen LogP contribution is -2.50. The summed E-state index contributed by atoms with van der Waals surface area (Å²) >= 11 is 0. The average Bonchev–Trinajstić information content (AvgIpc) is 1.54. The summed E-state index contributed by atoms with van der Waals surface area (Å²) in [4.78, 5) is 138. The van der Waals surface area contributed by atoms with Gasteiger partial charge in [-0.25, -0.2) is 4.79 Å². The van der Waals surface area contributed by atoms with Crippen molar-refractivity contribution < 1.29 is 73.1 Å². The van der Waals surface area contributed by atoms with Gasteiger partial charge in [0.25, 0.3) is 0 Å². The largest absolute Gasteiger partial charge is 0.508 e. The first-order valence-corrected chi connectivity index (χ1v) is 30.6. The number of nitrogens with two attached hydrogens (primary N) is 2. The molecule has 0 bridgehead atoms. The minimum atomic E-state index is -1.07. The number of phenols is 1. The summed E-state index contributed by atoms with van der Waals surface area (Å²) in [5, 5.41) is 60.0. The Morgan fingerprint density at radius 3 is 1.70 bits per heavy atom. The van der Waals surface area contributed by atoms with E-state index in [1.54, 1.807) is 87.2 Å². The van der Waals surface area contributed by atoms with E-state index in [1.165, 1.54) is 12.1 Å². The van der Waals surface area contributed by atoms with E-state index in [0.29, 0.717) is 48.1 Å². The number of phenolic OH excluding ortho intramolecular Hbond substituents is 1. The number of carbonyl (C=O) groups is 10. The molecule has 3 aromatic rings. The van der Waals surface area contributed by atoms with Gasteiger partial charge in [-0.05, 0) is 86.0 Å². The SMILES string of the molecule is CCC(=O)NCCNC(=O)NC(N)=NCCC[C@@H](NC(=O)C(c1ccccc1)c1cccc(OCCCCNC(=O)[C@@H](CCCN)NC(=O)CCNC(=O)CN2CCN(CC(=O)O)CCN(CC(=O)O)CCN(CC(=O)O)CC2)c1)C(=O)NCc1ccc(O)cc1. The zero-order valence-electron chi connectivity index (χ0n) is 51.7. The topological polar surface area (TPSA) is 434 Å². The van der Waals surface area contributed by atoms with Crippen LogP contribution < -0.4 is 58.7 Å². The van der Waals surface area contributed by atoms with Crippen LogP contribution in [0, 0.1) is 0 Å². The van der Waals surface area contributed by atoms with Crippen molar-refractivity contribution in [3.63, 3.8) is 0 Å². The van der Waals surface area contributed by atoms with Crippen molar-refractivity contribution in [1.82, 2.24) is 62.1 Å². The molecule has 1 aliphatic rings. The number of nitrogens with zero attached hydrogens (tertiary/aromatic N) is 5. The van der Waals surface area contributed by atoms with E-state index in [1.807, 2.05) is 6.07 Å². The molecule has 0 aliphatic carbocycles. The smallest absolute Gasteiger partial charge is 0.321 e. The van der Waals surface area contributed by atoms with Gasteiger partial charge in [0.05, 0.1) is 38.7 Å². The fourth-order valence-corrected chi connectivity index (χ4v) is 9.54. The van der Waals surface area contributed by atoms with E-state index < -0.39 is 71.5 Å². The van der Waals surface area contributed by atoms with Gasteiger partial charge in [-0.2, -0.15) is 0 Å². The third-order valence-electron chi connectivity index (χ3n) is 14.4. The molecule has 1 unspecified atom stereocenters. The highest BCUT2D eigenvalue weighted by molar-refractivity contribution is 5.95. The lowest BCUT2D eigenvalue weighted by Gasteiger charge is -2.32. The Morgan fingerprint density at radius 2 is 1.11 bits per heavy atom. The Kier molecular flexibility index (Phi) is 34.5. The van der Waals surface area contributed by atoms with Gasteiger partial charge < -0.3 is 73.8 Å². The van der Waals surface area contributed by atoms with E-state index in [0.717, 1.165) is 0 Å². The standard InChI is InChI=1S/C61H91N15O15/c1-2-50(78)65-26-27-68-61(90)72-60(63)67-24-10-16-49(58(88)69-38-43-17-19-46(77)20-18-43)71-59(89)56(44-11-4-3-5-12-44)45-13-8-14-47(37-45)91-36-7-6-23-66-57(87)48(15-9-22-62)70-51(79)21-25-64-52(80)39-73-28-30-74(40-53(81)82)32-34-76(42-55(85)86)35-33-75(31-29-73)41-54(83)84/h3-5,8,11-14,17-20,37,48-49,56,77H,2,6-7,9-10,15-16,21-36,38-42,62H2,1H3,(H,64,80)(H,65,78)(H,66,87)(H,69,88)(H,70,79)(H,71,89)(H,81,82)(H,83,84)(H,85,86)(H4,63,67,68,72,90)/t48-,49-,56?/m1/s1. The summed E-state index contributed by atoms with van der Waals surface area (Å²) in [7, 11) is 0. The number of amides is 8. The van der Waals surface area contributed by atoms with Crippen LogP contribution in [-0.4, -0.2) is 242 Å². The first-order valence-electron chi connectivity index (χ1n) is 30.6. The average molecular weight is 1270 g/mol. The van der Waals surface area contributed by atoms with E-state index in [4.69, 9.17) is 16.2 Å². The van der Waals surface area contributed by atoms with E-state index in [2.05, 4.69) is 47.5 Å². The molecular formula is C61H91N15O15. The lowest BCUT2D eigenvalue weighted by atomic mass is 9.90. The molecule has 1 saturated heterocycles. The second-order valence-electron chi connectivity index (χ2n) is 21.6. The van der Waals surface area contributed by atoms with Crippen molar-refractivity contribution in [2.45, 2.75) is 82.8 Å². The van der Waals surface area contributed by atoms with Crippen LogP contribution in [0.15, 0.2) is 83.9 Å². The maximum atomic E-state index is 14.5. The molecule has 1 heterocycles. The van der Waals surface area contributed by atoms with Gasteiger partial charge in [-0.3, -0.25) is 73.1 Å². The van der Waals surface area contributed by atoms with E-state index in [-0.39, 0.29) is 174 Å². The molecule has 3 aromatic carbocycles. The third kappa shape index (κ3) is 31.4. The van der Waals surface area contributed by atoms with Crippen LogP contribution in [0.25, 0.3) is 0 Å². The number of aromatic hydroxyl groups is 1. The fraction of sp³-hybridized carbons (Fsp3) is 0.525. The highest BCUT2D eigenvalue weighted by Gasteiger charge is 2.29. The summed E-state index contributed by atoms with van der Waals surface area (Å²) in [6.45, 7) is 3.80. The van der Waals surface area contributed by atoms with Gasteiger partial charge in [0.2, 0.25) is 35.4 Å². The van der Waals surface area contributed by atoms with Crippen LogP contribution in [0.5, 0.6) is 11.5 Å². The summed E-state index contributed by atoms with van der Waals surface area (Å²) in [5.74, 6) is -6.17. The molecule has 8 amide bonds. The van der Waals surface area contributed by atoms with Gasteiger partial charge in [0, 0.05) is 104 Å². The molecule has 91 heavy (non-hydrogen) atoms. The summed E-state index contributed by atoms with van der Waals surface area (Å²) in [6, 6.07) is 19.8. The number of carboxylic acids is 3. The summed E-state index contributed by atoms with van der Waals surface area (Å²) in [6.07, 6.45) is 2.29. The Labute approximate surface area is 529 Å². The fourth-order valence-electron chi connectivity index (χ4n) is 9.54. The first-order chi connectivity index (χ1) is 43.7. The van der Waals surface area contributed by atoms with Crippen LogP contribution in [0.2, 0.25) is 0 Å². The molecule has 500 valence electrons. The van der Waals surface area contributed by atoms with E-state index in [9.17, 15) is 68.4 Å². The van der Waals surface area contributed by atoms with Crippen molar-refractivity contribution in [3.8, 4) is 11.5 Å². The number of unbranched alkanes of at least 4 members (excludes halogenated alkanes) is 1. The lowest BCUT2D eigenvalue weighted by molar-refractivity contribution is -0.140. The van der Waals surface area contributed by atoms with E-state index >= 15 is 0 Å². The monoisotopic (exact) mass is 1270 g/mol. The van der Waals surface area contributed by atoms with Crippen LogP contribution in [0.4, 0.5) is 4.79 Å². The molecular weight excluding hydrogens is 1180 g/mol. The first kappa shape index (κ1) is 74.5. The third-order valence-corrected chi connectivity index (χ3v) is 14.4. The van der Waals surface area contributed by atoms with Gasteiger partial charge >= 0.3 is 23.9 Å². The molecule has 30 heteroatoms. The van der Waals surface area contributed by atoms with Crippen molar-refractivity contribution in [2.24, 2.45) is 16.5 Å². The number of rotatable bonds is 37. The summed E-state index contributed by atoms with van der Waals surface area (Å²) in [5.41, 5.74) is 13.6. The molecule has 0 radical (unpaired) electrons. The number of carboxylic acid groups (broad SMARTS) is 3. The zero-order valence-corrected chi connectivity index (χ0v) is 51.7. The predicted octanol–water partition coefficient (Wildman–Crippen LogP) is -1.27. The number of aliphatic carboxylic acids is 3. The highest BCUT2D eigenvalue weighted by atomic mass is 16.5. The minimum absolute atomic E-state index is 0.0612. The molecule has 3 atom stereocenters. The second-order valence-corrected chi connectivity index (χ2v) is 21.6. The normalized spacial score (nSPS) is 14.8. The molecule has 16 N–H and O–H groups in total. The van der Waals surface area contributed by atoms with Gasteiger partial charge in [-0.1, -0.05) is 61.5 Å². The van der Waals surface area contributed by atoms with Crippen molar-refractivity contribution >= 4 is 65.3 Å². The highest BCUT2D eigenvalue weighted by Crippen LogP contribution is 2.28.